The number of fused-ring (bicyclic) bond motifs is 1. The number of carboxylic acids is 1. The number of anilines is 1. The molecule has 2 aliphatic carbocycles. The molecule has 1 fully saturated rings. The first-order valence-corrected chi connectivity index (χ1v) is 9.52. The number of aliphatic hydroxyl groups excluding tert-OH is 1. The van der Waals surface area contributed by atoms with Gasteiger partial charge in [-0.3, -0.25) is 4.79 Å². The zero-order valence-electron chi connectivity index (χ0n) is 15.0. The summed E-state index contributed by atoms with van der Waals surface area (Å²) < 4.78 is 0. The lowest BCUT2D eigenvalue weighted by Gasteiger charge is -2.15. The highest BCUT2D eigenvalue weighted by Gasteiger charge is 2.33. The molecule has 6 heteroatoms. The van der Waals surface area contributed by atoms with Crippen molar-refractivity contribution in [3.8, 4) is 0 Å². The minimum Gasteiger partial charge on any atom is -0.481 e. The van der Waals surface area contributed by atoms with Crippen molar-refractivity contribution in [1.29, 1.82) is 0 Å². The van der Waals surface area contributed by atoms with Crippen molar-refractivity contribution in [3.63, 3.8) is 0 Å². The normalized spacial score (nSPS) is 21.7. The van der Waals surface area contributed by atoms with Gasteiger partial charge < -0.3 is 21.7 Å². The van der Waals surface area contributed by atoms with Crippen molar-refractivity contribution in [1.82, 2.24) is 0 Å². The molecule has 0 saturated heterocycles. The maximum Gasteiger partial charge on any atom is 0.303 e. The van der Waals surface area contributed by atoms with Gasteiger partial charge in [0.2, 0.25) is 0 Å². The second-order valence-corrected chi connectivity index (χ2v) is 7.73. The minimum atomic E-state index is -0.759. The summed E-state index contributed by atoms with van der Waals surface area (Å²) in [6.45, 7) is 0. The van der Waals surface area contributed by atoms with Crippen LogP contribution in [0.4, 0.5) is 5.69 Å². The van der Waals surface area contributed by atoms with E-state index in [2.05, 4.69) is 0 Å². The van der Waals surface area contributed by atoms with Crippen LogP contribution in [-0.2, 0) is 11.2 Å². The predicted octanol–water partition coefficient (Wildman–Crippen LogP) is 3.49. The number of aliphatic hydroxyl groups is 1. The van der Waals surface area contributed by atoms with Gasteiger partial charge in [0.05, 0.1) is 29.3 Å². The molecule has 2 aromatic carbocycles. The van der Waals surface area contributed by atoms with Gasteiger partial charge in [-0.1, -0.05) is 41.9 Å². The van der Waals surface area contributed by atoms with E-state index in [-0.39, 0.29) is 24.5 Å². The van der Waals surface area contributed by atoms with E-state index in [0.717, 1.165) is 24.0 Å². The van der Waals surface area contributed by atoms with E-state index in [1.165, 1.54) is 5.56 Å². The van der Waals surface area contributed by atoms with Gasteiger partial charge in [0.25, 0.3) is 0 Å². The van der Waals surface area contributed by atoms with Crippen molar-refractivity contribution in [3.05, 3.63) is 64.2 Å². The first-order valence-electron chi connectivity index (χ1n) is 9.15. The molecule has 2 aliphatic rings. The average molecular weight is 389 g/mol. The van der Waals surface area contributed by atoms with Gasteiger partial charge in [-0.05, 0) is 53.5 Å². The summed E-state index contributed by atoms with van der Waals surface area (Å²) >= 11 is 5.84. The molecule has 0 spiro atoms. The van der Waals surface area contributed by atoms with Crippen LogP contribution in [0.3, 0.4) is 0 Å². The third kappa shape index (κ3) is 4.80. The van der Waals surface area contributed by atoms with Gasteiger partial charge in [-0.2, -0.15) is 0 Å². The lowest BCUT2D eigenvalue weighted by atomic mass is 9.91. The molecule has 5 nitrogen and oxygen atoms in total. The van der Waals surface area contributed by atoms with E-state index in [1.807, 2.05) is 30.3 Å². The molecule has 4 rings (SSSR count). The highest BCUT2D eigenvalue weighted by atomic mass is 35.5. The van der Waals surface area contributed by atoms with Crippen molar-refractivity contribution < 1.29 is 15.0 Å². The number of carbonyl (C=O) groups is 1. The second-order valence-electron chi connectivity index (χ2n) is 7.32. The fraction of sp³-hybridized carbons (Fsp3) is 0.381. The third-order valence-electron chi connectivity index (χ3n) is 5.29. The van der Waals surface area contributed by atoms with Gasteiger partial charge in [-0.15, -0.1) is 0 Å². The van der Waals surface area contributed by atoms with Gasteiger partial charge in [0.15, 0.2) is 0 Å². The number of hydrogen-bond acceptors (Lipinski definition) is 4. The second kappa shape index (κ2) is 8.30. The first kappa shape index (κ1) is 19.7. The van der Waals surface area contributed by atoms with E-state index in [1.54, 1.807) is 12.1 Å². The van der Waals surface area contributed by atoms with E-state index in [9.17, 15) is 9.90 Å². The standard InChI is InChI=1S/C12H14ClNO2.C9H11NO/c13-10-4-3-8(5-11(10)14)9(6-12(15)16)7-1-2-7;10-9-7-4-2-1-3-6(7)5-8(9)11/h3-5,7,9H,1-2,6,14H2,(H,15,16);1-4,8-9,11H,5,10H2/t9-;8-,9+/m01/s1. The van der Waals surface area contributed by atoms with E-state index >= 15 is 0 Å². The molecular formula is C21H25ClN2O3. The molecule has 6 N–H and O–H groups in total. The quantitative estimate of drug-likeness (QED) is 0.599. The number of carboxylic acid groups (broad SMARTS) is 1. The van der Waals surface area contributed by atoms with Crippen LogP contribution in [0.1, 0.15) is 47.9 Å². The molecule has 0 amide bonds. The maximum absolute atomic E-state index is 10.8. The van der Waals surface area contributed by atoms with Gasteiger partial charge in [-0.25, -0.2) is 0 Å². The van der Waals surface area contributed by atoms with Gasteiger partial charge in [0.1, 0.15) is 0 Å². The Bertz CT molecular complexity index is 823. The third-order valence-corrected chi connectivity index (χ3v) is 5.64. The first-order chi connectivity index (χ1) is 12.9. The lowest BCUT2D eigenvalue weighted by Crippen LogP contribution is -2.21. The van der Waals surface area contributed by atoms with E-state index in [0.29, 0.717) is 23.0 Å². The Morgan fingerprint density at radius 3 is 2.52 bits per heavy atom. The van der Waals surface area contributed by atoms with Crippen LogP contribution in [0, 0.1) is 5.92 Å². The smallest absolute Gasteiger partial charge is 0.303 e. The van der Waals surface area contributed by atoms with E-state index < -0.39 is 5.97 Å². The molecule has 0 radical (unpaired) electrons. The Hall–Kier alpha value is -2.08. The zero-order valence-corrected chi connectivity index (χ0v) is 15.8. The van der Waals surface area contributed by atoms with Crippen LogP contribution >= 0.6 is 11.6 Å². The number of nitrogen functional groups attached to an aromatic ring is 1. The fourth-order valence-corrected chi connectivity index (χ4v) is 3.76. The monoisotopic (exact) mass is 388 g/mol. The van der Waals surface area contributed by atoms with Crippen molar-refractivity contribution in [2.24, 2.45) is 11.7 Å². The molecule has 3 atom stereocenters. The lowest BCUT2D eigenvalue weighted by molar-refractivity contribution is -0.137. The SMILES string of the molecule is N[C@H]1c2ccccc2C[C@H]1O.Nc1cc([C@@H](CC(=O)O)C2CC2)ccc1Cl. The number of benzene rings is 2. The number of rotatable bonds is 4. The van der Waals surface area contributed by atoms with E-state index in [4.69, 9.17) is 28.2 Å². The summed E-state index contributed by atoms with van der Waals surface area (Å²) in [5.74, 6) is -0.181. The Balaban J connectivity index is 0.000000166. The van der Waals surface area contributed by atoms with Crippen molar-refractivity contribution in [2.45, 2.75) is 43.7 Å². The summed E-state index contributed by atoms with van der Waals surface area (Å²) in [5, 5.41) is 18.8. The Morgan fingerprint density at radius 1 is 1.22 bits per heavy atom. The maximum atomic E-state index is 10.8. The van der Waals surface area contributed by atoms with Crippen LogP contribution in [-0.4, -0.2) is 22.3 Å². The molecule has 1 saturated carbocycles. The van der Waals surface area contributed by atoms with Crippen LogP contribution in [0.2, 0.25) is 5.02 Å². The molecule has 0 heterocycles. The highest BCUT2D eigenvalue weighted by molar-refractivity contribution is 6.33. The molecule has 144 valence electrons. The highest BCUT2D eigenvalue weighted by Crippen LogP contribution is 2.45. The molecule has 27 heavy (non-hydrogen) atoms. The van der Waals surface area contributed by atoms with Gasteiger partial charge >= 0.3 is 5.97 Å². The molecule has 0 unspecified atom stereocenters. The minimum absolute atomic E-state index is 0.0806. The zero-order chi connectivity index (χ0) is 19.6. The van der Waals surface area contributed by atoms with Crippen LogP contribution in [0.25, 0.3) is 0 Å². The predicted molar refractivity (Wildman–Crippen MR) is 107 cm³/mol. The summed E-state index contributed by atoms with van der Waals surface area (Å²) in [5.41, 5.74) is 15.3. The topological polar surface area (TPSA) is 110 Å². The Morgan fingerprint density at radius 2 is 1.93 bits per heavy atom. The number of hydrogen-bond donors (Lipinski definition) is 4. The molecule has 2 aromatic rings. The summed E-state index contributed by atoms with van der Waals surface area (Å²) in [4.78, 5) is 10.8. The van der Waals surface area contributed by atoms with Crippen molar-refractivity contribution >= 4 is 23.3 Å². The van der Waals surface area contributed by atoms with Crippen LogP contribution < -0.4 is 11.5 Å². The number of aliphatic carboxylic acids is 1. The summed E-state index contributed by atoms with van der Waals surface area (Å²) in [6.07, 6.45) is 2.72. The van der Waals surface area contributed by atoms with Crippen LogP contribution in [0.5, 0.6) is 0 Å². The molecular weight excluding hydrogens is 364 g/mol. The summed E-state index contributed by atoms with van der Waals surface area (Å²) in [6, 6.07) is 13.2. The molecule has 0 aliphatic heterocycles. The van der Waals surface area contributed by atoms with Crippen molar-refractivity contribution in [2.75, 3.05) is 5.73 Å². The molecule has 0 aromatic heterocycles. The fourth-order valence-electron chi connectivity index (χ4n) is 3.64. The Kier molecular flexibility index (Phi) is 6.05. The largest absolute Gasteiger partial charge is 0.481 e. The number of nitrogens with two attached hydrogens (primary N) is 2. The average Bonchev–Trinajstić information content (AvgIpc) is 3.43. The molecule has 0 bridgehead atoms. The number of halogens is 1. The van der Waals surface area contributed by atoms with Crippen LogP contribution in [0.15, 0.2) is 42.5 Å². The van der Waals surface area contributed by atoms with Gasteiger partial charge in [0, 0.05) is 6.42 Å². The Labute approximate surface area is 164 Å². The summed E-state index contributed by atoms with van der Waals surface area (Å²) in [7, 11) is 0.